The van der Waals surface area contributed by atoms with Gasteiger partial charge in [-0.15, -0.1) is 24.0 Å². The highest BCUT2D eigenvalue weighted by molar-refractivity contribution is 14.0. The van der Waals surface area contributed by atoms with Crippen LogP contribution in [0.5, 0.6) is 0 Å². The number of nitrogens with two attached hydrogens (primary N) is 1. The Hall–Kier alpha value is -2.57. The van der Waals surface area contributed by atoms with Gasteiger partial charge in [0.2, 0.25) is 5.91 Å². The zero-order chi connectivity index (χ0) is 22.6. The van der Waals surface area contributed by atoms with E-state index in [1.807, 2.05) is 32.9 Å². The van der Waals surface area contributed by atoms with Gasteiger partial charge in [0.15, 0.2) is 5.96 Å². The number of carbonyl (C=O) groups excluding carboxylic acids is 3. The minimum atomic E-state index is -0.594. The van der Waals surface area contributed by atoms with Gasteiger partial charge >= 0.3 is 6.09 Å². The largest absolute Gasteiger partial charge is 0.444 e. The molecule has 0 aliphatic carbocycles. The predicted molar refractivity (Wildman–Crippen MR) is 130 cm³/mol. The van der Waals surface area contributed by atoms with E-state index in [4.69, 9.17) is 10.5 Å². The van der Waals surface area contributed by atoms with Crippen LogP contribution >= 0.6 is 24.0 Å². The summed E-state index contributed by atoms with van der Waals surface area (Å²) in [5.41, 5.74) is 5.89. The van der Waals surface area contributed by atoms with Crippen LogP contribution in [0.1, 0.15) is 43.1 Å². The highest BCUT2D eigenvalue weighted by Crippen LogP contribution is 2.06. The molecule has 10 nitrogen and oxygen atoms in total. The van der Waals surface area contributed by atoms with Crippen molar-refractivity contribution in [3.05, 3.63) is 35.4 Å². The molecule has 31 heavy (non-hydrogen) atoms. The summed E-state index contributed by atoms with van der Waals surface area (Å²) in [6, 6.07) is 6.96. The van der Waals surface area contributed by atoms with Gasteiger partial charge in [-0.25, -0.2) is 4.79 Å². The van der Waals surface area contributed by atoms with Crippen LogP contribution in [0.3, 0.4) is 0 Å². The van der Waals surface area contributed by atoms with Crippen LogP contribution in [-0.4, -0.2) is 56.2 Å². The lowest BCUT2D eigenvalue weighted by Gasteiger charge is -2.19. The number of nitrogens with zero attached hydrogens (tertiary/aromatic N) is 1. The van der Waals surface area contributed by atoms with Gasteiger partial charge in [-0.05, 0) is 44.9 Å². The van der Waals surface area contributed by atoms with E-state index in [9.17, 15) is 14.4 Å². The van der Waals surface area contributed by atoms with Crippen molar-refractivity contribution < 1.29 is 19.1 Å². The molecule has 6 N–H and O–H groups in total. The molecule has 174 valence electrons. The van der Waals surface area contributed by atoms with E-state index >= 15 is 0 Å². The van der Waals surface area contributed by atoms with Crippen molar-refractivity contribution in [1.82, 2.24) is 21.3 Å². The molecule has 1 rings (SSSR count). The van der Waals surface area contributed by atoms with Crippen molar-refractivity contribution in [2.24, 2.45) is 10.7 Å². The standard InChI is InChI=1S/C20H32N6O4.HI/c1-20(2,3)30-19(29)24-11-5-10-23-18(22-4)26-12-14-6-8-15(9-7-14)17(28)25-13-16(21)27;/h6-9H,5,10-13H2,1-4H3,(H2,21,27)(H,24,29)(H,25,28)(H2,22,23,26);1H. The number of halogens is 1. The second kappa shape index (κ2) is 14.4. The number of amides is 3. The zero-order valence-electron chi connectivity index (χ0n) is 18.4. The fourth-order valence-electron chi connectivity index (χ4n) is 2.25. The molecule has 0 atom stereocenters. The Morgan fingerprint density at radius 1 is 1.00 bits per heavy atom. The molecule has 0 aromatic heterocycles. The van der Waals surface area contributed by atoms with Gasteiger partial charge in [-0.1, -0.05) is 12.1 Å². The Bertz CT molecular complexity index is 747. The van der Waals surface area contributed by atoms with Gasteiger partial charge in [0, 0.05) is 32.2 Å². The molecule has 0 aliphatic rings. The van der Waals surface area contributed by atoms with Crippen molar-refractivity contribution >= 4 is 47.8 Å². The first kappa shape index (κ1) is 28.4. The minimum Gasteiger partial charge on any atom is -0.444 e. The molecule has 0 radical (unpaired) electrons. The topological polar surface area (TPSA) is 147 Å². The Morgan fingerprint density at radius 3 is 2.16 bits per heavy atom. The Labute approximate surface area is 200 Å². The maximum absolute atomic E-state index is 11.9. The molecule has 1 aromatic rings. The number of primary amides is 1. The highest BCUT2D eigenvalue weighted by Gasteiger charge is 2.15. The van der Waals surface area contributed by atoms with E-state index in [1.165, 1.54) is 0 Å². The molecule has 0 bridgehead atoms. The second-order valence-corrected chi connectivity index (χ2v) is 7.48. The average Bonchev–Trinajstić information content (AvgIpc) is 2.67. The lowest BCUT2D eigenvalue weighted by Crippen LogP contribution is -2.39. The van der Waals surface area contributed by atoms with Crippen LogP contribution in [-0.2, 0) is 16.1 Å². The van der Waals surface area contributed by atoms with Crippen molar-refractivity contribution in [3.8, 4) is 0 Å². The smallest absolute Gasteiger partial charge is 0.407 e. The van der Waals surface area contributed by atoms with Gasteiger partial charge < -0.3 is 31.7 Å². The number of nitrogens with one attached hydrogen (secondary N) is 4. The number of alkyl carbamates (subject to hydrolysis) is 1. The Balaban J connectivity index is 0.00000900. The molecule has 0 spiro atoms. The third kappa shape index (κ3) is 13.4. The summed E-state index contributed by atoms with van der Waals surface area (Å²) < 4.78 is 5.17. The molecule has 0 unspecified atom stereocenters. The van der Waals surface area contributed by atoms with Crippen molar-refractivity contribution in [2.75, 3.05) is 26.7 Å². The molecule has 0 saturated carbocycles. The third-order valence-electron chi connectivity index (χ3n) is 3.64. The van der Waals surface area contributed by atoms with Gasteiger partial charge in [0.25, 0.3) is 5.91 Å². The normalized spacial score (nSPS) is 11.0. The lowest BCUT2D eigenvalue weighted by molar-refractivity contribution is -0.117. The quantitative estimate of drug-likeness (QED) is 0.135. The summed E-state index contributed by atoms with van der Waals surface area (Å²) in [5, 5.41) is 11.5. The summed E-state index contributed by atoms with van der Waals surface area (Å²) in [6.07, 6.45) is 0.270. The van der Waals surface area contributed by atoms with Crippen LogP contribution in [0.2, 0.25) is 0 Å². The van der Waals surface area contributed by atoms with Gasteiger partial charge in [-0.3, -0.25) is 14.6 Å². The summed E-state index contributed by atoms with van der Waals surface area (Å²) in [5.74, 6) is -0.329. The first-order chi connectivity index (χ1) is 14.1. The van der Waals surface area contributed by atoms with E-state index < -0.39 is 17.6 Å². The Morgan fingerprint density at radius 2 is 1.61 bits per heavy atom. The molecule has 0 heterocycles. The first-order valence-electron chi connectivity index (χ1n) is 9.67. The molecule has 1 aromatic carbocycles. The summed E-state index contributed by atoms with van der Waals surface area (Å²) in [4.78, 5) is 38.3. The molecular weight excluding hydrogens is 515 g/mol. The van der Waals surface area contributed by atoms with Gasteiger partial charge in [0.05, 0.1) is 6.54 Å². The van der Waals surface area contributed by atoms with Crippen LogP contribution < -0.4 is 27.0 Å². The molecule has 0 fully saturated rings. The molecule has 0 aliphatic heterocycles. The van der Waals surface area contributed by atoms with Crippen molar-refractivity contribution in [1.29, 1.82) is 0 Å². The van der Waals surface area contributed by atoms with Gasteiger partial charge in [-0.2, -0.15) is 0 Å². The van der Waals surface area contributed by atoms with E-state index in [0.717, 1.165) is 5.56 Å². The minimum absolute atomic E-state index is 0. The number of hydrogen-bond donors (Lipinski definition) is 5. The number of carbonyl (C=O) groups is 3. The summed E-state index contributed by atoms with van der Waals surface area (Å²) in [7, 11) is 1.67. The predicted octanol–water partition coefficient (Wildman–Crippen LogP) is 1.10. The number of benzene rings is 1. The van der Waals surface area contributed by atoms with Crippen LogP contribution in [0.25, 0.3) is 0 Å². The Kier molecular flexibility index (Phi) is 13.2. The fraction of sp³-hybridized carbons (Fsp3) is 0.500. The van der Waals surface area contributed by atoms with Crippen LogP contribution in [0, 0.1) is 0 Å². The van der Waals surface area contributed by atoms with E-state index in [1.54, 1.807) is 19.2 Å². The molecule has 0 saturated heterocycles. The van der Waals surface area contributed by atoms with E-state index in [2.05, 4.69) is 26.3 Å². The van der Waals surface area contributed by atoms with Crippen molar-refractivity contribution in [2.45, 2.75) is 39.3 Å². The zero-order valence-corrected chi connectivity index (χ0v) is 20.7. The first-order valence-corrected chi connectivity index (χ1v) is 9.67. The summed E-state index contributed by atoms with van der Waals surface area (Å²) >= 11 is 0. The number of rotatable bonds is 9. The maximum Gasteiger partial charge on any atom is 0.407 e. The summed E-state index contributed by atoms with van der Waals surface area (Å²) in [6.45, 7) is 6.87. The molecular formula is C20H33IN6O4. The number of aliphatic imine (C=N–C) groups is 1. The third-order valence-corrected chi connectivity index (χ3v) is 3.64. The van der Waals surface area contributed by atoms with Crippen LogP contribution in [0.4, 0.5) is 4.79 Å². The second-order valence-electron chi connectivity index (χ2n) is 7.48. The highest BCUT2D eigenvalue weighted by atomic mass is 127. The fourth-order valence-corrected chi connectivity index (χ4v) is 2.25. The average molecular weight is 548 g/mol. The molecule has 3 amide bonds. The van der Waals surface area contributed by atoms with Gasteiger partial charge in [0.1, 0.15) is 5.60 Å². The number of hydrogen-bond acceptors (Lipinski definition) is 5. The lowest BCUT2D eigenvalue weighted by atomic mass is 10.1. The number of guanidine groups is 1. The van der Waals surface area contributed by atoms with Crippen molar-refractivity contribution in [3.63, 3.8) is 0 Å². The SMILES string of the molecule is CN=C(NCCCNC(=O)OC(C)(C)C)NCc1ccc(C(=O)NCC(N)=O)cc1.I. The monoisotopic (exact) mass is 548 g/mol. The van der Waals surface area contributed by atoms with Crippen LogP contribution in [0.15, 0.2) is 29.3 Å². The number of ether oxygens (including phenoxy) is 1. The molecule has 11 heteroatoms. The van der Waals surface area contributed by atoms with E-state index in [-0.39, 0.29) is 36.4 Å². The van der Waals surface area contributed by atoms with E-state index in [0.29, 0.717) is 37.6 Å². The maximum atomic E-state index is 11.9.